The van der Waals surface area contributed by atoms with Crippen LogP contribution in [0.3, 0.4) is 0 Å². The van der Waals surface area contributed by atoms with Crippen LogP contribution in [0.2, 0.25) is 0 Å². The van der Waals surface area contributed by atoms with E-state index in [1.54, 1.807) is 5.38 Å². The van der Waals surface area contributed by atoms with Crippen LogP contribution >= 0.6 is 23.1 Å². The molecule has 1 fully saturated rings. The Morgan fingerprint density at radius 2 is 2.10 bits per heavy atom. The van der Waals surface area contributed by atoms with Crippen LogP contribution in [0.5, 0.6) is 0 Å². The number of amides is 1. The Balaban J connectivity index is 1.78. The van der Waals surface area contributed by atoms with Gasteiger partial charge in [0.2, 0.25) is 5.91 Å². The third-order valence-electron chi connectivity index (χ3n) is 3.04. The van der Waals surface area contributed by atoms with Crippen molar-refractivity contribution in [2.75, 3.05) is 39.0 Å². The van der Waals surface area contributed by atoms with Crippen molar-refractivity contribution in [2.45, 2.75) is 10.8 Å². The molecule has 1 aliphatic rings. The minimum atomic E-state index is -0.889. The van der Waals surface area contributed by atoms with E-state index >= 15 is 0 Å². The van der Waals surface area contributed by atoms with Gasteiger partial charge in [0.05, 0.1) is 17.9 Å². The summed E-state index contributed by atoms with van der Waals surface area (Å²) in [6, 6.07) is 0. The number of aromatic nitrogens is 1. The zero-order valence-corrected chi connectivity index (χ0v) is 12.9. The van der Waals surface area contributed by atoms with Crippen LogP contribution in [0, 0.1) is 0 Å². The van der Waals surface area contributed by atoms with Gasteiger partial charge in [-0.05, 0) is 7.05 Å². The Bertz CT molecular complexity index is 484. The number of hydrogen-bond donors (Lipinski definition) is 1. The molecule has 1 aromatic rings. The van der Waals surface area contributed by atoms with E-state index in [9.17, 15) is 9.59 Å². The SMILES string of the molecule is CN1CCN(C(=O)CSc2nc(CC(=O)O)cs2)CC1. The van der Waals surface area contributed by atoms with Crippen molar-refractivity contribution in [3.63, 3.8) is 0 Å². The van der Waals surface area contributed by atoms with Gasteiger partial charge in [-0.3, -0.25) is 9.59 Å². The maximum Gasteiger partial charge on any atom is 0.309 e. The number of likely N-dealkylation sites (N-methyl/N-ethyl adjacent to an activating group) is 1. The average Bonchev–Trinajstić information content (AvgIpc) is 2.83. The second kappa shape index (κ2) is 7.05. The van der Waals surface area contributed by atoms with Crippen LogP contribution in [0.1, 0.15) is 5.69 Å². The lowest BCUT2D eigenvalue weighted by Gasteiger charge is -2.32. The third kappa shape index (κ3) is 4.46. The Hall–Kier alpha value is -1.12. The number of piperazine rings is 1. The molecule has 2 rings (SSSR count). The summed E-state index contributed by atoms with van der Waals surface area (Å²) in [4.78, 5) is 30.9. The van der Waals surface area contributed by atoms with Crippen LogP contribution in [0.25, 0.3) is 0 Å². The van der Waals surface area contributed by atoms with Gasteiger partial charge < -0.3 is 14.9 Å². The van der Waals surface area contributed by atoms with Crippen molar-refractivity contribution in [3.8, 4) is 0 Å². The summed E-state index contributed by atoms with van der Waals surface area (Å²) in [5, 5.41) is 10.4. The molecule has 0 aromatic carbocycles. The molecule has 1 aromatic heterocycles. The molecule has 1 N–H and O–H groups in total. The molecule has 0 radical (unpaired) electrons. The Morgan fingerprint density at radius 1 is 1.40 bits per heavy atom. The molecule has 8 heteroatoms. The van der Waals surface area contributed by atoms with Crippen molar-refractivity contribution < 1.29 is 14.7 Å². The quantitative estimate of drug-likeness (QED) is 0.804. The standard InChI is InChI=1S/C12H17N3O3S2/c1-14-2-4-15(5-3-14)10(16)8-20-12-13-9(7-19-12)6-11(17)18/h7H,2-6,8H2,1H3,(H,17,18). The Morgan fingerprint density at radius 3 is 2.75 bits per heavy atom. The summed E-state index contributed by atoms with van der Waals surface area (Å²) in [5.41, 5.74) is 0.553. The lowest BCUT2D eigenvalue weighted by Crippen LogP contribution is -2.47. The van der Waals surface area contributed by atoms with Crippen molar-refractivity contribution in [2.24, 2.45) is 0 Å². The monoisotopic (exact) mass is 315 g/mol. The molecule has 2 heterocycles. The second-order valence-corrected chi connectivity index (χ2v) is 6.73. The van der Waals surface area contributed by atoms with Gasteiger partial charge >= 0.3 is 5.97 Å². The predicted octanol–water partition coefficient (Wildman–Crippen LogP) is 0.636. The summed E-state index contributed by atoms with van der Waals surface area (Å²) in [5.74, 6) is -0.401. The van der Waals surface area contributed by atoms with Gasteiger partial charge in [0, 0.05) is 31.6 Å². The highest BCUT2D eigenvalue weighted by atomic mass is 32.2. The topological polar surface area (TPSA) is 73.7 Å². The van der Waals surface area contributed by atoms with E-state index in [1.165, 1.54) is 23.1 Å². The fourth-order valence-electron chi connectivity index (χ4n) is 1.86. The summed E-state index contributed by atoms with van der Waals surface area (Å²) in [7, 11) is 2.05. The number of carbonyl (C=O) groups is 2. The first-order valence-electron chi connectivity index (χ1n) is 6.30. The lowest BCUT2D eigenvalue weighted by atomic mass is 10.3. The molecule has 1 amide bonds. The minimum absolute atomic E-state index is 0.0660. The fourth-order valence-corrected chi connectivity index (χ4v) is 3.61. The van der Waals surface area contributed by atoms with Crippen molar-refractivity contribution >= 4 is 35.0 Å². The van der Waals surface area contributed by atoms with E-state index < -0.39 is 5.97 Å². The van der Waals surface area contributed by atoms with Gasteiger partial charge in [0.1, 0.15) is 0 Å². The highest BCUT2D eigenvalue weighted by molar-refractivity contribution is 8.01. The molecule has 20 heavy (non-hydrogen) atoms. The number of carboxylic acids is 1. The van der Waals surface area contributed by atoms with Crippen molar-refractivity contribution in [1.82, 2.24) is 14.8 Å². The van der Waals surface area contributed by atoms with Crippen LogP contribution < -0.4 is 0 Å². The summed E-state index contributed by atoms with van der Waals surface area (Å²) in [6.45, 7) is 3.38. The Kier molecular flexibility index (Phi) is 5.38. The second-order valence-electron chi connectivity index (χ2n) is 4.65. The largest absolute Gasteiger partial charge is 0.481 e. The number of carboxylic acid groups (broad SMARTS) is 1. The molecule has 0 aliphatic carbocycles. The molecule has 0 bridgehead atoms. The van der Waals surface area contributed by atoms with E-state index in [4.69, 9.17) is 5.11 Å². The molecule has 0 atom stereocenters. The van der Waals surface area contributed by atoms with Gasteiger partial charge in [0.15, 0.2) is 4.34 Å². The fraction of sp³-hybridized carbons (Fsp3) is 0.583. The molecular weight excluding hydrogens is 298 g/mol. The molecule has 0 unspecified atom stereocenters. The highest BCUT2D eigenvalue weighted by Gasteiger charge is 2.19. The smallest absolute Gasteiger partial charge is 0.309 e. The van der Waals surface area contributed by atoms with E-state index in [2.05, 4.69) is 16.9 Å². The molecule has 6 nitrogen and oxygen atoms in total. The molecule has 0 spiro atoms. The summed E-state index contributed by atoms with van der Waals surface area (Å²) in [6.07, 6.45) is -0.0660. The normalized spacial score (nSPS) is 16.4. The number of hydrogen-bond acceptors (Lipinski definition) is 6. The number of nitrogens with zero attached hydrogens (tertiary/aromatic N) is 3. The molecule has 1 saturated heterocycles. The van der Waals surface area contributed by atoms with Gasteiger partial charge in [0.25, 0.3) is 0 Å². The van der Waals surface area contributed by atoms with Crippen molar-refractivity contribution in [3.05, 3.63) is 11.1 Å². The van der Waals surface area contributed by atoms with E-state index in [1.807, 2.05) is 4.90 Å². The van der Waals surface area contributed by atoms with Crippen LogP contribution in [-0.4, -0.2) is 70.7 Å². The number of aliphatic carboxylic acids is 1. The van der Waals surface area contributed by atoms with Gasteiger partial charge in [-0.1, -0.05) is 11.8 Å². The molecule has 110 valence electrons. The maximum atomic E-state index is 12.0. The van der Waals surface area contributed by atoms with Crippen LogP contribution in [0.4, 0.5) is 0 Å². The van der Waals surface area contributed by atoms with Gasteiger partial charge in [-0.25, -0.2) is 4.98 Å². The van der Waals surface area contributed by atoms with Crippen molar-refractivity contribution in [1.29, 1.82) is 0 Å². The first-order chi connectivity index (χ1) is 9.54. The first kappa shape index (κ1) is 15.3. The van der Waals surface area contributed by atoms with Crippen LogP contribution in [0.15, 0.2) is 9.72 Å². The maximum absolute atomic E-state index is 12.0. The number of carbonyl (C=O) groups excluding carboxylic acids is 1. The van der Waals surface area contributed by atoms with Gasteiger partial charge in [-0.2, -0.15) is 0 Å². The zero-order chi connectivity index (χ0) is 14.5. The number of thiazole rings is 1. The van der Waals surface area contributed by atoms with Gasteiger partial charge in [-0.15, -0.1) is 11.3 Å². The Labute approximate surface area is 125 Å². The molecule has 0 saturated carbocycles. The summed E-state index contributed by atoms with van der Waals surface area (Å²) >= 11 is 2.77. The zero-order valence-electron chi connectivity index (χ0n) is 11.2. The number of thioether (sulfide) groups is 1. The highest BCUT2D eigenvalue weighted by Crippen LogP contribution is 2.23. The average molecular weight is 315 g/mol. The lowest BCUT2D eigenvalue weighted by molar-refractivity contribution is -0.136. The van der Waals surface area contributed by atoms with E-state index in [0.717, 1.165) is 30.5 Å². The van der Waals surface area contributed by atoms with E-state index in [0.29, 0.717) is 11.4 Å². The first-order valence-corrected chi connectivity index (χ1v) is 8.16. The molecule has 1 aliphatic heterocycles. The van der Waals surface area contributed by atoms with Crippen LogP contribution in [-0.2, 0) is 16.0 Å². The van der Waals surface area contributed by atoms with E-state index in [-0.39, 0.29) is 12.3 Å². The summed E-state index contributed by atoms with van der Waals surface area (Å²) < 4.78 is 0.753. The number of rotatable bonds is 5. The minimum Gasteiger partial charge on any atom is -0.481 e. The predicted molar refractivity (Wildman–Crippen MR) is 78.3 cm³/mol. The third-order valence-corrected chi connectivity index (χ3v) is 5.09. The molecular formula is C12H17N3O3S2.